The van der Waals surface area contributed by atoms with E-state index in [4.69, 9.17) is 5.73 Å². The normalized spacial score (nSPS) is 13.3. The lowest BCUT2D eigenvalue weighted by Gasteiger charge is -2.21. The average molecular weight is 556 g/mol. The second kappa shape index (κ2) is 14.2. The van der Waals surface area contributed by atoms with Crippen molar-refractivity contribution in [3.8, 4) is 5.75 Å². The molecule has 1 aromatic heterocycles. The Morgan fingerprint density at radius 3 is 2.38 bits per heavy atom. The number of carbonyl (C=O) groups is 4. The first kappa shape index (κ1) is 29.5. The molecule has 39 heavy (non-hydrogen) atoms. The van der Waals surface area contributed by atoms with E-state index in [0.717, 1.165) is 22.0 Å². The van der Waals surface area contributed by atoms with Crippen molar-refractivity contribution in [3.63, 3.8) is 0 Å². The summed E-state index contributed by atoms with van der Waals surface area (Å²) in [6.45, 7) is -0.400. The molecule has 0 aliphatic carbocycles. The molecule has 11 nitrogen and oxygen atoms in total. The Hall–Kier alpha value is -4.03. The number of aromatic hydroxyl groups is 1. The zero-order chi connectivity index (χ0) is 28.4. The molecule has 3 rings (SSSR count). The van der Waals surface area contributed by atoms with Gasteiger partial charge in [0.25, 0.3) is 0 Å². The molecule has 0 saturated heterocycles. The summed E-state index contributed by atoms with van der Waals surface area (Å²) >= 11 is 1.48. The number of nitrogens with two attached hydrogens (primary N) is 1. The Kier molecular flexibility index (Phi) is 10.8. The van der Waals surface area contributed by atoms with Crippen molar-refractivity contribution < 1.29 is 29.4 Å². The van der Waals surface area contributed by atoms with Crippen molar-refractivity contribution in [2.75, 3.05) is 18.6 Å². The minimum Gasteiger partial charge on any atom is -0.508 e. The summed E-state index contributed by atoms with van der Waals surface area (Å²) in [5.41, 5.74) is 8.28. The Labute approximate surface area is 229 Å². The van der Waals surface area contributed by atoms with Gasteiger partial charge in [0, 0.05) is 23.5 Å². The summed E-state index contributed by atoms with van der Waals surface area (Å²) < 4.78 is 0. The quantitative estimate of drug-likeness (QED) is 0.153. The molecule has 2 aromatic carbocycles. The topological polar surface area (TPSA) is 187 Å². The Morgan fingerprint density at radius 2 is 1.69 bits per heavy atom. The van der Waals surface area contributed by atoms with Gasteiger partial charge in [-0.2, -0.15) is 11.8 Å². The zero-order valence-corrected chi connectivity index (χ0v) is 22.3. The van der Waals surface area contributed by atoms with Crippen LogP contribution in [0.1, 0.15) is 17.5 Å². The van der Waals surface area contributed by atoms with Crippen LogP contribution in [0.5, 0.6) is 5.75 Å². The molecule has 3 unspecified atom stereocenters. The third-order valence-corrected chi connectivity index (χ3v) is 6.77. The summed E-state index contributed by atoms with van der Waals surface area (Å²) in [6.07, 6.45) is 4.10. The fourth-order valence-corrected chi connectivity index (χ4v) is 4.49. The van der Waals surface area contributed by atoms with Crippen LogP contribution in [-0.2, 0) is 32.0 Å². The maximum absolute atomic E-state index is 13.0. The monoisotopic (exact) mass is 555 g/mol. The Morgan fingerprint density at radius 1 is 0.974 bits per heavy atom. The second-order valence-electron chi connectivity index (χ2n) is 9.06. The van der Waals surface area contributed by atoms with E-state index in [9.17, 15) is 29.4 Å². The number of thioether (sulfide) groups is 1. The number of aromatic amines is 1. The molecule has 0 saturated carbocycles. The maximum atomic E-state index is 13.0. The first-order valence-corrected chi connectivity index (χ1v) is 13.7. The molecule has 0 spiro atoms. The number of rotatable bonds is 14. The molecule has 208 valence electrons. The second-order valence-corrected chi connectivity index (χ2v) is 10.0. The summed E-state index contributed by atoms with van der Waals surface area (Å²) in [5.74, 6) is -2.33. The number of nitrogens with one attached hydrogen (secondary N) is 4. The van der Waals surface area contributed by atoms with Gasteiger partial charge in [-0.15, -0.1) is 0 Å². The predicted octanol–water partition coefficient (Wildman–Crippen LogP) is 0.910. The first-order chi connectivity index (χ1) is 18.7. The minimum atomic E-state index is -1.21. The van der Waals surface area contributed by atoms with E-state index in [2.05, 4.69) is 20.9 Å². The van der Waals surface area contributed by atoms with Gasteiger partial charge in [0.2, 0.25) is 17.7 Å². The highest BCUT2D eigenvalue weighted by atomic mass is 32.2. The minimum absolute atomic E-state index is 0.0588. The van der Waals surface area contributed by atoms with Crippen LogP contribution in [0.15, 0.2) is 54.7 Å². The van der Waals surface area contributed by atoms with E-state index in [0.29, 0.717) is 5.75 Å². The van der Waals surface area contributed by atoms with Crippen molar-refractivity contribution in [2.45, 2.75) is 37.4 Å². The maximum Gasteiger partial charge on any atom is 0.326 e. The van der Waals surface area contributed by atoms with Crippen LogP contribution in [0.3, 0.4) is 0 Å². The van der Waals surface area contributed by atoms with E-state index in [1.807, 2.05) is 30.5 Å². The van der Waals surface area contributed by atoms with Gasteiger partial charge in [-0.1, -0.05) is 30.3 Å². The van der Waals surface area contributed by atoms with Crippen molar-refractivity contribution in [3.05, 3.63) is 65.9 Å². The average Bonchev–Trinajstić information content (AvgIpc) is 3.33. The van der Waals surface area contributed by atoms with Gasteiger partial charge in [0.1, 0.15) is 17.8 Å². The summed E-state index contributed by atoms with van der Waals surface area (Å²) in [4.78, 5) is 53.0. The first-order valence-electron chi connectivity index (χ1n) is 12.4. The lowest BCUT2D eigenvalue weighted by Crippen LogP contribution is -2.54. The number of aromatic nitrogens is 1. The number of benzene rings is 2. The van der Waals surface area contributed by atoms with Gasteiger partial charge in [-0.05, 0) is 54.2 Å². The van der Waals surface area contributed by atoms with Crippen LogP contribution in [0.4, 0.5) is 0 Å². The van der Waals surface area contributed by atoms with E-state index < -0.39 is 48.4 Å². The molecule has 0 aliphatic rings. The molecular formula is C27H33N5O6S. The van der Waals surface area contributed by atoms with E-state index in [1.165, 1.54) is 23.9 Å². The highest BCUT2D eigenvalue weighted by Gasteiger charge is 2.27. The molecular weight excluding hydrogens is 522 g/mol. The van der Waals surface area contributed by atoms with E-state index in [1.54, 1.807) is 18.3 Å². The number of phenolic OH excluding ortho intramolecular Hbond substituents is 1. The van der Waals surface area contributed by atoms with Gasteiger partial charge in [0.15, 0.2) is 0 Å². The molecule has 0 fully saturated rings. The molecule has 0 bridgehead atoms. The van der Waals surface area contributed by atoms with E-state index >= 15 is 0 Å². The number of carbonyl (C=O) groups excluding carboxylic acids is 3. The van der Waals surface area contributed by atoms with Crippen LogP contribution in [0.2, 0.25) is 0 Å². The Bertz CT molecular complexity index is 1300. The summed E-state index contributed by atoms with van der Waals surface area (Å²) in [5, 5.41) is 27.6. The fraction of sp³-hybridized carbons (Fsp3) is 0.333. The molecule has 8 N–H and O–H groups in total. The largest absolute Gasteiger partial charge is 0.508 e. The fourth-order valence-electron chi connectivity index (χ4n) is 4.02. The van der Waals surface area contributed by atoms with Crippen molar-refractivity contribution in [1.82, 2.24) is 20.9 Å². The van der Waals surface area contributed by atoms with Gasteiger partial charge in [0.05, 0.1) is 12.6 Å². The summed E-state index contributed by atoms with van der Waals surface area (Å²) in [7, 11) is 0. The lowest BCUT2D eigenvalue weighted by atomic mass is 10.0. The number of carboxylic acid groups (broad SMARTS) is 1. The number of aliphatic carboxylic acids is 1. The number of hydrogen-bond acceptors (Lipinski definition) is 7. The zero-order valence-electron chi connectivity index (χ0n) is 21.5. The smallest absolute Gasteiger partial charge is 0.326 e. The number of amides is 3. The number of hydrogen-bond donors (Lipinski definition) is 7. The van der Waals surface area contributed by atoms with Gasteiger partial charge in [-0.3, -0.25) is 14.4 Å². The molecule has 3 amide bonds. The predicted molar refractivity (Wildman–Crippen MR) is 149 cm³/mol. The number of carboxylic acids is 1. The van der Waals surface area contributed by atoms with Crippen LogP contribution in [0, 0.1) is 0 Å². The van der Waals surface area contributed by atoms with Crippen LogP contribution >= 0.6 is 11.8 Å². The third-order valence-electron chi connectivity index (χ3n) is 6.13. The van der Waals surface area contributed by atoms with Crippen LogP contribution < -0.4 is 21.7 Å². The lowest BCUT2D eigenvalue weighted by molar-refractivity contribution is -0.142. The molecule has 0 aliphatic heterocycles. The van der Waals surface area contributed by atoms with E-state index in [-0.39, 0.29) is 25.0 Å². The summed E-state index contributed by atoms with van der Waals surface area (Å²) in [6, 6.07) is 10.6. The van der Waals surface area contributed by atoms with Crippen LogP contribution in [-0.4, -0.2) is 75.6 Å². The molecule has 12 heteroatoms. The standard InChI is InChI=1S/C27H33N5O6S/c1-39-11-10-22(31-24(34)15-30-25(35)20(28)12-16-6-8-18(33)9-7-16)26(36)32-23(27(37)38)13-17-14-29-21-5-3-2-4-19(17)21/h2-9,14,20,22-23,29,33H,10-13,15,28H2,1H3,(H,30,35)(H,31,34)(H,32,36)(H,37,38). The van der Waals surface area contributed by atoms with Gasteiger partial charge < -0.3 is 36.9 Å². The molecule has 3 aromatic rings. The van der Waals surface area contributed by atoms with Crippen molar-refractivity contribution in [2.24, 2.45) is 5.73 Å². The number of H-pyrrole nitrogens is 1. The van der Waals surface area contributed by atoms with Crippen molar-refractivity contribution in [1.29, 1.82) is 0 Å². The number of fused-ring (bicyclic) bond motifs is 1. The molecule has 1 heterocycles. The SMILES string of the molecule is CSCCC(NC(=O)CNC(=O)C(N)Cc1ccc(O)cc1)C(=O)NC(Cc1c[nH]c2ccccc12)C(=O)O. The molecule has 0 radical (unpaired) electrons. The third kappa shape index (κ3) is 8.76. The molecule has 3 atom stereocenters. The van der Waals surface area contributed by atoms with Gasteiger partial charge >= 0.3 is 5.97 Å². The number of phenols is 1. The van der Waals surface area contributed by atoms with Crippen LogP contribution in [0.25, 0.3) is 10.9 Å². The number of para-hydroxylation sites is 1. The van der Waals surface area contributed by atoms with Crippen molar-refractivity contribution >= 4 is 46.4 Å². The highest BCUT2D eigenvalue weighted by molar-refractivity contribution is 7.98. The highest BCUT2D eigenvalue weighted by Crippen LogP contribution is 2.19. The Balaban J connectivity index is 1.56. The van der Waals surface area contributed by atoms with Gasteiger partial charge in [-0.25, -0.2) is 4.79 Å².